The Balaban J connectivity index is 2.23. The number of halogens is 2. The molecule has 0 aliphatic carbocycles. The first kappa shape index (κ1) is 13.3. The van der Waals surface area contributed by atoms with Gasteiger partial charge in [-0.15, -0.1) is 0 Å². The molecule has 2 heterocycles. The van der Waals surface area contributed by atoms with Crippen LogP contribution in [-0.2, 0) is 4.79 Å². The van der Waals surface area contributed by atoms with Gasteiger partial charge >= 0.3 is 5.97 Å². The predicted octanol–water partition coefficient (Wildman–Crippen LogP) is 1.46. The van der Waals surface area contributed by atoms with E-state index in [1.54, 1.807) is 0 Å². The van der Waals surface area contributed by atoms with E-state index in [2.05, 4.69) is 0 Å². The van der Waals surface area contributed by atoms with E-state index in [1.807, 2.05) is 6.92 Å². The van der Waals surface area contributed by atoms with E-state index in [0.717, 1.165) is 18.6 Å². The first-order chi connectivity index (χ1) is 9.45. The molecular formula is C13H10F2NO3S+. The molecule has 0 saturated carbocycles. The molecule has 104 valence electrons. The molecule has 2 aliphatic heterocycles. The normalized spacial score (nSPS) is 24.1. The zero-order valence-electron chi connectivity index (χ0n) is 10.4. The first-order valence-electron chi connectivity index (χ1n) is 6.01. The molecular weight excluding hydrogens is 288 g/mol. The Morgan fingerprint density at radius 3 is 2.65 bits per heavy atom. The average Bonchev–Trinajstić information content (AvgIpc) is 2.35. The third-order valence-corrected chi connectivity index (χ3v) is 4.97. The van der Waals surface area contributed by atoms with E-state index in [0.29, 0.717) is 15.6 Å². The standard InChI is InChI=1S/C13H9F2NO3S/c1-2-9-16-8-4-7(15)6(14)3-5(8)11(17)10(13(18)19)12(16)20-9/h3-4,9H,2H2,1H3,(H,18,19)/p+1. The van der Waals surface area contributed by atoms with Gasteiger partial charge in [0.2, 0.25) is 5.78 Å². The van der Waals surface area contributed by atoms with Gasteiger partial charge in [-0.05, 0) is 17.8 Å². The summed E-state index contributed by atoms with van der Waals surface area (Å²) in [6.07, 6.45) is 0.725. The van der Waals surface area contributed by atoms with Crippen molar-refractivity contribution in [3.63, 3.8) is 0 Å². The second-order valence-corrected chi connectivity index (χ2v) is 5.79. The number of carbonyl (C=O) groups is 2. The Kier molecular flexibility index (Phi) is 2.91. The van der Waals surface area contributed by atoms with Crippen LogP contribution in [0.25, 0.3) is 0 Å². The number of hydrogen-bond donors (Lipinski definition) is 2. The zero-order valence-corrected chi connectivity index (χ0v) is 11.2. The number of benzene rings is 1. The lowest BCUT2D eigenvalue weighted by Gasteiger charge is -2.40. The van der Waals surface area contributed by atoms with Crippen LogP contribution >= 0.6 is 11.8 Å². The fraction of sp³-hybridized carbons (Fsp3) is 0.231. The van der Waals surface area contributed by atoms with E-state index in [9.17, 15) is 18.4 Å². The highest BCUT2D eigenvalue weighted by atomic mass is 32.2. The van der Waals surface area contributed by atoms with Crippen molar-refractivity contribution in [3.05, 3.63) is 39.9 Å². The number of carboxylic acids is 1. The number of aliphatic carboxylic acids is 1. The lowest BCUT2D eigenvalue weighted by atomic mass is 9.97. The van der Waals surface area contributed by atoms with E-state index < -0.39 is 23.4 Å². The van der Waals surface area contributed by atoms with Crippen molar-refractivity contribution in [2.75, 3.05) is 0 Å². The van der Waals surface area contributed by atoms with Crippen LogP contribution < -0.4 is 4.90 Å². The van der Waals surface area contributed by atoms with Gasteiger partial charge in [-0.3, -0.25) is 9.69 Å². The molecule has 1 fully saturated rings. The SMILES string of the molecule is CCC1SC2=C(C(=O)O)C(=O)c3cc(F)c(F)cc3[NH+]21. The van der Waals surface area contributed by atoms with Crippen molar-refractivity contribution in [2.45, 2.75) is 18.7 Å². The Morgan fingerprint density at radius 2 is 2.05 bits per heavy atom. The number of carbonyl (C=O) groups excluding carboxylic acids is 1. The summed E-state index contributed by atoms with van der Waals surface area (Å²) in [4.78, 5) is 24.0. The van der Waals surface area contributed by atoms with E-state index >= 15 is 0 Å². The van der Waals surface area contributed by atoms with Crippen molar-refractivity contribution in [1.82, 2.24) is 0 Å². The molecule has 0 radical (unpaired) electrons. The van der Waals surface area contributed by atoms with Crippen LogP contribution in [0.4, 0.5) is 14.5 Å². The van der Waals surface area contributed by atoms with Gasteiger partial charge in [0.1, 0.15) is 0 Å². The smallest absolute Gasteiger partial charge is 0.346 e. The molecule has 3 rings (SSSR count). The molecule has 2 aliphatic rings. The van der Waals surface area contributed by atoms with E-state index in [-0.39, 0.29) is 16.5 Å². The maximum atomic E-state index is 13.4. The lowest BCUT2D eigenvalue weighted by molar-refractivity contribution is -0.809. The minimum atomic E-state index is -1.33. The molecule has 0 bridgehead atoms. The van der Waals surface area contributed by atoms with Crippen molar-refractivity contribution >= 4 is 29.2 Å². The van der Waals surface area contributed by atoms with Crippen LogP contribution in [0.2, 0.25) is 0 Å². The first-order valence-corrected chi connectivity index (χ1v) is 6.89. The molecule has 2 atom stereocenters. The summed E-state index contributed by atoms with van der Waals surface area (Å²) in [6, 6.07) is 1.77. The summed E-state index contributed by atoms with van der Waals surface area (Å²) in [6.45, 7) is 1.91. The third kappa shape index (κ3) is 1.63. The maximum Gasteiger partial charge on any atom is 0.346 e. The topological polar surface area (TPSA) is 58.8 Å². The second kappa shape index (κ2) is 4.39. The number of carboxylic acid groups (broad SMARTS) is 1. The third-order valence-electron chi connectivity index (χ3n) is 3.46. The van der Waals surface area contributed by atoms with Gasteiger partial charge in [0, 0.05) is 12.5 Å². The van der Waals surface area contributed by atoms with Crippen molar-refractivity contribution in [2.24, 2.45) is 0 Å². The summed E-state index contributed by atoms with van der Waals surface area (Å²) in [5.74, 6) is -4.27. The Hall–Kier alpha value is -1.73. The number of rotatable bonds is 2. The van der Waals surface area contributed by atoms with Crippen LogP contribution in [0, 0.1) is 11.6 Å². The van der Waals surface area contributed by atoms with Crippen LogP contribution in [0.1, 0.15) is 23.7 Å². The lowest BCUT2D eigenvalue weighted by Crippen LogP contribution is -3.14. The summed E-state index contributed by atoms with van der Waals surface area (Å²) >= 11 is 1.30. The van der Waals surface area contributed by atoms with Gasteiger partial charge < -0.3 is 5.11 Å². The molecule has 0 aromatic heterocycles. The number of nitrogens with one attached hydrogen (secondary N) is 1. The Morgan fingerprint density at radius 1 is 1.40 bits per heavy atom. The van der Waals surface area contributed by atoms with Crippen molar-refractivity contribution in [3.8, 4) is 0 Å². The number of quaternary nitrogens is 1. The summed E-state index contributed by atoms with van der Waals surface area (Å²) in [5, 5.41) is 9.56. The minimum Gasteiger partial charge on any atom is -0.477 e. The van der Waals surface area contributed by atoms with Crippen LogP contribution in [0.15, 0.2) is 22.7 Å². The van der Waals surface area contributed by atoms with E-state index in [4.69, 9.17) is 5.11 Å². The molecule has 0 amide bonds. The molecule has 2 unspecified atom stereocenters. The van der Waals surface area contributed by atoms with Gasteiger partial charge in [-0.25, -0.2) is 13.6 Å². The molecule has 0 spiro atoms. The number of ketones is 1. The molecule has 7 heteroatoms. The molecule has 1 aromatic rings. The number of Topliss-reactive ketones (excluding diaryl/α,β-unsaturated/α-hetero) is 1. The monoisotopic (exact) mass is 298 g/mol. The predicted molar refractivity (Wildman–Crippen MR) is 67.6 cm³/mol. The second-order valence-electron chi connectivity index (χ2n) is 4.58. The Labute approximate surface area is 117 Å². The number of thioether (sulfide) groups is 1. The summed E-state index contributed by atoms with van der Waals surface area (Å²) in [5.41, 5.74) is -0.0912. The van der Waals surface area contributed by atoms with Gasteiger partial charge in [-0.1, -0.05) is 6.92 Å². The summed E-state index contributed by atoms with van der Waals surface area (Å²) in [7, 11) is 0. The van der Waals surface area contributed by atoms with Crippen LogP contribution in [0.5, 0.6) is 0 Å². The van der Waals surface area contributed by atoms with Gasteiger partial charge in [-0.2, -0.15) is 0 Å². The minimum absolute atomic E-state index is 0.0102. The average molecular weight is 298 g/mol. The largest absolute Gasteiger partial charge is 0.477 e. The highest BCUT2D eigenvalue weighted by molar-refractivity contribution is 8.04. The summed E-state index contributed by atoms with van der Waals surface area (Å²) < 4.78 is 26.7. The zero-order chi connectivity index (χ0) is 14.6. The van der Waals surface area contributed by atoms with Gasteiger partial charge in [0.15, 0.2) is 33.3 Å². The van der Waals surface area contributed by atoms with E-state index in [1.165, 1.54) is 11.8 Å². The van der Waals surface area contributed by atoms with Crippen LogP contribution in [0.3, 0.4) is 0 Å². The number of fused-ring (bicyclic) bond motifs is 3. The number of hydrogen-bond acceptors (Lipinski definition) is 3. The van der Waals surface area contributed by atoms with Crippen molar-refractivity contribution < 1.29 is 28.4 Å². The fourth-order valence-corrected chi connectivity index (χ4v) is 3.82. The van der Waals surface area contributed by atoms with Gasteiger partial charge in [0.25, 0.3) is 0 Å². The highest BCUT2D eigenvalue weighted by Crippen LogP contribution is 2.38. The molecule has 1 saturated heterocycles. The molecule has 4 nitrogen and oxygen atoms in total. The fourth-order valence-electron chi connectivity index (χ4n) is 2.52. The molecule has 20 heavy (non-hydrogen) atoms. The van der Waals surface area contributed by atoms with Crippen LogP contribution in [-0.4, -0.2) is 22.2 Å². The maximum absolute atomic E-state index is 13.4. The highest BCUT2D eigenvalue weighted by Gasteiger charge is 2.51. The molecule has 1 aromatic carbocycles. The quantitative estimate of drug-likeness (QED) is 0.812. The Bertz CT molecular complexity index is 686. The van der Waals surface area contributed by atoms with Crippen molar-refractivity contribution in [1.29, 1.82) is 0 Å². The molecule has 2 N–H and O–H groups in total. The van der Waals surface area contributed by atoms with Gasteiger partial charge in [0.05, 0.1) is 5.56 Å².